The molecule has 0 aromatic heterocycles. The van der Waals surface area contributed by atoms with Gasteiger partial charge in [-0.3, -0.25) is 14.9 Å². The number of sulfonamides is 1. The molecular weight excluding hydrogens is 451 g/mol. The average molecular weight is 471 g/mol. The van der Waals surface area contributed by atoms with Crippen molar-refractivity contribution in [1.82, 2.24) is 4.31 Å². The lowest BCUT2D eigenvalue weighted by molar-refractivity contribution is -0.388. The first-order valence-corrected chi connectivity index (χ1v) is 11.2. The van der Waals surface area contributed by atoms with Gasteiger partial charge in [-0.2, -0.15) is 17.5 Å². The molecule has 1 aliphatic rings. The van der Waals surface area contributed by atoms with E-state index >= 15 is 0 Å². The number of nitrogens with zero attached hydrogens (tertiary/aromatic N) is 2. The van der Waals surface area contributed by atoms with Crippen molar-refractivity contribution in [2.24, 2.45) is 0 Å². The van der Waals surface area contributed by atoms with Gasteiger partial charge in [0.1, 0.15) is 5.56 Å². The maximum atomic E-state index is 13.1. The summed E-state index contributed by atoms with van der Waals surface area (Å²) >= 11 is 0. The van der Waals surface area contributed by atoms with Crippen LogP contribution in [0.2, 0.25) is 0 Å². The van der Waals surface area contributed by atoms with E-state index in [2.05, 4.69) is 5.32 Å². The molecule has 0 spiro atoms. The number of alkyl halides is 3. The summed E-state index contributed by atoms with van der Waals surface area (Å²) in [6, 6.07) is 7.70. The van der Waals surface area contributed by atoms with Crippen LogP contribution in [0, 0.1) is 10.1 Å². The molecule has 0 saturated carbocycles. The van der Waals surface area contributed by atoms with Gasteiger partial charge in [0.2, 0.25) is 10.0 Å². The molecule has 1 aliphatic heterocycles. The third-order valence-electron chi connectivity index (χ3n) is 5.08. The summed E-state index contributed by atoms with van der Waals surface area (Å²) < 4.78 is 65.9. The molecule has 3 rings (SSSR count). The van der Waals surface area contributed by atoms with Gasteiger partial charge in [-0.1, -0.05) is 6.42 Å². The number of carbonyl (C=O) groups excluding carboxylic acids is 1. The van der Waals surface area contributed by atoms with Gasteiger partial charge >= 0.3 is 6.18 Å². The highest BCUT2D eigenvalue weighted by atomic mass is 32.2. The summed E-state index contributed by atoms with van der Waals surface area (Å²) in [5.41, 5.74) is -2.44. The molecule has 1 fully saturated rings. The van der Waals surface area contributed by atoms with E-state index < -0.39 is 38.2 Å². The van der Waals surface area contributed by atoms with Crippen LogP contribution in [0.25, 0.3) is 0 Å². The summed E-state index contributed by atoms with van der Waals surface area (Å²) in [6.45, 7) is 0.511. The Morgan fingerprint density at radius 3 is 2.25 bits per heavy atom. The third-order valence-corrected chi connectivity index (χ3v) is 6.99. The fourth-order valence-corrected chi connectivity index (χ4v) is 4.90. The number of carbonyl (C=O) groups is 1. The molecule has 1 saturated heterocycles. The Balaban J connectivity index is 1.70. The summed E-state index contributed by atoms with van der Waals surface area (Å²) in [4.78, 5) is 22.1. The van der Waals surface area contributed by atoms with Crippen molar-refractivity contribution < 1.29 is 31.3 Å². The molecule has 32 heavy (non-hydrogen) atoms. The van der Waals surface area contributed by atoms with E-state index in [0.29, 0.717) is 19.2 Å². The van der Waals surface area contributed by atoms with Gasteiger partial charge in [0, 0.05) is 30.4 Å². The van der Waals surface area contributed by atoms with Crippen LogP contribution in [0.5, 0.6) is 0 Å². The Morgan fingerprint density at radius 1 is 1.06 bits per heavy atom. The largest absolute Gasteiger partial charge is 0.423 e. The Labute approximate surface area is 182 Å². The molecule has 12 heteroatoms. The number of nitro benzene ring substituents is 1. The van der Waals surface area contributed by atoms with Crippen molar-refractivity contribution in [1.29, 1.82) is 0 Å². The first-order valence-electron chi connectivity index (χ1n) is 9.73. The summed E-state index contributed by atoms with van der Waals surface area (Å²) in [5.74, 6) is -0.487. The van der Waals surface area contributed by atoms with Crippen molar-refractivity contribution >= 4 is 27.2 Å². The maximum Gasteiger partial charge on any atom is 0.423 e. The topological polar surface area (TPSA) is 110 Å². The summed E-state index contributed by atoms with van der Waals surface area (Å²) in [5, 5.41) is 13.3. The summed E-state index contributed by atoms with van der Waals surface area (Å²) in [7, 11) is -3.64. The second-order valence-corrected chi connectivity index (χ2v) is 9.19. The number of Topliss-reactive ketones (excluding diaryl/α,β-unsaturated/α-hetero) is 1. The van der Waals surface area contributed by atoms with E-state index in [0.717, 1.165) is 31.4 Å². The number of nitrogens with one attached hydrogen (secondary N) is 1. The Hall–Kier alpha value is -2.99. The fourth-order valence-electron chi connectivity index (χ4n) is 3.38. The molecule has 1 N–H and O–H groups in total. The molecule has 2 aromatic rings. The minimum Gasteiger partial charge on any atom is -0.378 e. The zero-order valence-electron chi connectivity index (χ0n) is 16.8. The van der Waals surface area contributed by atoms with Gasteiger partial charge in [-0.05, 0) is 49.2 Å². The highest BCUT2D eigenvalue weighted by Gasteiger charge is 2.38. The van der Waals surface area contributed by atoms with E-state index in [1.54, 1.807) is 0 Å². The van der Waals surface area contributed by atoms with Crippen molar-refractivity contribution in [3.8, 4) is 0 Å². The predicted molar refractivity (Wildman–Crippen MR) is 110 cm³/mol. The fraction of sp³-hybridized carbons (Fsp3) is 0.350. The minimum absolute atomic E-state index is 0.0640. The molecule has 0 aliphatic carbocycles. The van der Waals surface area contributed by atoms with Crippen LogP contribution in [0.15, 0.2) is 47.4 Å². The molecule has 2 aromatic carbocycles. The Bertz CT molecular complexity index is 1110. The number of hydrogen-bond donors (Lipinski definition) is 1. The van der Waals surface area contributed by atoms with Crippen LogP contribution >= 0.6 is 0 Å². The van der Waals surface area contributed by atoms with Gasteiger partial charge in [0.05, 0.1) is 16.4 Å². The highest BCUT2D eigenvalue weighted by Crippen LogP contribution is 2.37. The number of hydrogen-bond acceptors (Lipinski definition) is 6. The number of anilines is 1. The standard InChI is InChI=1S/C20H20F3N3O5S/c21-20(22,23)17-12-15(6-9-18(17)26(28)29)24-13-19(27)14-4-7-16(8-5-14)32(30,31)25-10-2-1-3-11-25/h4-9,12,24H,1-3,10-11,13H2. The predicted octanol–water partition coefficient (Wildman–Crippen LogP) is 4.08. The molecule has 8 nitrogen and oxygen atoms in total. The number of piperidine rings is 1. The molecule has 0 unspecified atom stereocenters. The Kier molecular flexibility index (Phi) is 6.84. The smallest absolute Gasteiger partial charge is 0.378 e. The normalized spacial score (nSPS) is 15.3. The maximum absolute atomic E-state index is 13.1. The highest BCUT2D eigenvalue weighted by molar-refractivity contribution is 7.89. The first-order chi connectivity index (χ1) is 15.0. The van der Waals surface area contributed by atoms with Crippen LogP contribution in [-0.2, 0) is 16.2 Å². The minimum atomic E-state index is -4.93. The van der Waals surface area contributed by atoms with Crippen molar-refractivity contribution in [2.45, 2.75) is 30.3 Å². The van der Waals surface area contributed by atoms with Crippen LogP contribution in [0.4, 0.5) is 24.5 Å². The van der Waals surface area contributed by atoms with Gasteiger partial charge < -0.3 is 5.32 Å². The lowest BCUT2D eigenvalue weighted by Crippen LogP contribution is -2.35. The van der Waals surface area contributed by atoms with Crippen LogP contribution in [-0.4, -0.2) is 43.1 Å². The van der Waals surface area contributed by atoms with Crippen LogP contribution in [0.1, 0.15) is 35.2 Å². The van der Waals surface area contributed by atoms with Crippen LogP contribution < -0.4 is 5.32 Å². The monoisotopic (exact) mass is 471 g/mol. The van der Waals surface area contributed by atoms with Gasteiger partial charge in [-0.15, -0.1) is 0 Å². The molecule has 0 radical (unpaired) electrons. The lowest BCUT2D eigenvalue weighted by atomic mass is 10.1. The van der Waals surface area contributed by atoms with E-state index in [9.17, 15) is 36.5 Å². The van der Waals surface area contributed by atoms with Gasteiger partial charge in [-0.25, -0.2) is 8.42 Å². The molecule has 1 heterocycles. The number of benzene rings is 2. The lowest BCUT2D eigenvalue weighted by Gasteiger charge is -2.25. The second-order valence-electron chi connectivity index (χ2n) is 7.25. The third kappa shape index (κ3) is 5.25. The average Bonchev–Trinajstić information content (AvgIpc) is 2.77. The van der Waals surface area contributed by atoms with Crippen molar-refractivity contribution in [3.05, 3.63) is 63.7 Å². The summed E-state index contributed by atoms with van der Waals surface area (Å²) in [6.07, 6.45) is -2.37. The van der Waals surface area contributed by atoms with Crippen molar-refractivity contribution in [2.75, 3.05) is 25.0 Å². The second kappa shape index (κ2) is 9.25. The van der Waals surface area contributed by atoms with Gasteiger partial charge in [0.25, 0.3) is 5.69 Å². The molecule has 0 bridgehead atoms. The quantitative estimate of drug-likeness (QED) is 0.370. The molecular formula is C20H20F3N3O5S. The van der Waals surface area contributed by atoms with E-state index in [-0.39, 0.29) is 22.7 Å². The van der Waals surface area contributed by atoms with E-state index in [1.807, 2.05) is 0 Å². The first kappa shape index (κ1) is 23.7. The van der Waals surface area contributed by atoms with Crippen molar-refractivity contribution in [3.63, 3.8) is 0 Å². The number of rotatable bonds is 7. The number of halogens is 3. The Morgan fingerprint density at radius 2 is 1.69 bits per heavy atom. The van der Waals surface area contributed by atoms with Crippen LogP contribution in [0.3, 0.4) is 0 Å². The molecule has 172 valence electrons. The SMILES string of the molecule is O=C(CNc1ccc([N+](=O)[O-])c(C(F)(F)F)c1)c1ccc(S(=O)(=O)N2CCCCC2)cc1. The molecule has 0 amide bonds. The zero-order chi connectivity index (χ0) is 23.5. The number of nitro groups is 1. The van der Waals surface area contributed by atoms with E-state index in [4.69, 9.17) is 0 Å². The molecule has 0 atom stereocenters. The van der Waals surface area contributed by atoms with E-state index in [1.165, 1.54) is 28.6 Å². The zero-order valence-corrected chi connectivity index (χ0v) is 17.6. The number of ketones is 1. The van der Waals surface area contributed by atoms with Gasteiger partial charge in [0.15, 0.2) is 5.78 Å².